The predicted octanol–water partition coefficient (Wildman–Crippen LogP) is 4.05. The van der Waals surface area contributed by atoms with Gasteiger partial charge in [0.15, 0.2) is 6.61 Å². The molecule has 0 atom stereocenters. The van der Waals surface area contributed by atoms with E-state index in [1.807, 2.05) is 18.2 Å². The van der Waals surface area contributed by atoms with Gasteiger partial charge >= 0.3 is 5.97 Å². The lowest BCUT2D eigenvalue weighted by molar-refractivity contribution is -0.118. The molecular weight excluding hydrogens is 396 g/mol. The molecule has 31 heavy (non-hydrogen) atoms. The van der Waals surface area contributed by atoms with E-state index in [9.17, 15) is 14.4 Å². The van der Waals surface area contributed by atoms with Gasteiger partial charge in [0.05, 0.1) is 18.2 Å². The first-order chi connectivity index (χ1) is 15.0. The number of esters is 1. The van der Waals surface area contributed by atoms with E-state index in [0.29, 0.717) is 22.5 Å². The van der Waals surface area contributed by atoms with E-state index in [1.54, 1.807) is 61.5 Å². The second-order valence-electron chi connectivity index (χ2n) is 6.67. The molecule has 0 bridgehead atoms. The molecule has 0 heterocycles. The number of hydrogen-bond donors (Lipinski definition) is 2. The lowest BCUT2D eigenvalue weighted by Gasteiger charge is -2.13. The van der Waals surface area contributed by atoms with Gasteiger partial charge in [-0.1, -0.05) is 36.4 Å². The fourth-order valence-electron chi connectivity index (χ4n) is 2.83. The van der Waals surface area contributed by atoms with Crippen molar-refractivity contribution >= 4 is 29.2 Å². The highest BCUT2D eigenvalue weighted by atomic mass is 16.5. The summed E-state index contributed by atoms with van der Waals surface area (Å²) in [7, 11) is 1.29. The van der Waals surface area contributed by atoms with Crippen molar-refractivity contribution in [2.75, 3.05) is 24.4 Å². The average Bonchev–Trinajstić information content (AvgIpc) is 2.79. The molecule has 3 rings (SSSR count). The van der Waals surface area contributed by atoms with Gasteiger partial charge in [-0.25, -0.2) is 4.79 Å². The van der Waals surface area contributed by atoms with Crippen molar-refractivity contribution < 1.29 is 23.9 Å². The van der Waals surface area contributed by atoms with Gasteiger partial charge in [0.2, 0.25) is 0 Å². The molecule has 0 saturated heterocycles. The van der Waals surface area contributed by atoms with Gasteiger partial charge < -0.3 is 20.1 Å². The Balaban J connectivity index is 1.66. The minimum atomic E-state index is -0.495. The minimum absolute atomic E-state index is 0.283. The molecule has 7 heteroatoms. The molecule has 0 aliphatic rings. The summed E-state index contributed by atoms with van der Waals surface area (Å²) >= 11 is 0. The predicted molar refractivity (Wildman–Crippen MR) is 117 cm³/mol. The average molecular weight is 418 g/mol. The summed E-state index contributed by atoms with van der Waals surface area (Å²) in [5, 5.41) is 5.51. The van der Waals surface area contributed by atoms with Crippen LogP contribution in [0.4, 0.5) is 11.4 Å². The molecular formula is C24H22N2O5. The Morgan fingerprint density at radius 1 is 0.871 bits per heavy atom. The summed E-state index contributed by atoms with van der Waals surface area (Å²) in [4.78, 5) is 36.7. The van der Waals surface area contributed by atoms with Crippen LogP contribution in [0.25, 0.3) is 0 Å². The number of anilines is 2. The largest absolute Gasteiger partial charge is 0.483 e. The molecule has 0 aromatic heterocycles. The summed E-state index contributed by atoms with van der Waals surface area (Å²) in [5.74, 6) is -0.983. The van der Waals surface area contributed by atoms with Gasteiger partial charge in [0, 0.05) is 11.4 Å². The highest BCUT2D eigenvalue weighted by Gasteiger charge is 2.15. The quantitative estimate of drug-likeness (QED) is 0.565. The number of ether oxygens (including phenoxy) is 2. The summed E-state index contributed by atoms with van der Waals surface area (Å²) in [6, 6.07) is 20.6. The van der Waals surface area contributed by atoms with Crippen molar-refractivity contribution in [3.8, 4) is 5.75 Å². The first-order valence-corrected chi connectivity index (χ1v) is 9.55. The maximum Gasteiger partial charge on any atom is 0.337 e. The molecule has 7 nitrogen and oxygen atoms in total. The second kappa shape index (κ2) is 10.1. The van der Waals surface area contributed by atoms with E-state index in [1.165, 1.54) is 7.11 Å². The van der Waals surface area contributed by atoms with Gasteiger partial charge in [0.1, 0.15) is 5.75 Å². The van der Waals surface area contributed by atoms with Crippen molar-refractivity contribution in [2.45, 2.75) is 6.92 Å². The smallest absolute Gasteiger partial charge is 0.337 e. The monoisotopic (exact) mass is 418 g/mol. The molecule has 0 unspecified atom stereocenters. The lowest BCUT2D eigenvalue weighted by Crippen LogP contribution is -2.22. The zero-order valence-electron chi connectivity index (χ0n) is 17.2. The van der Waals surface area contributed by atoms with Crippen LogP contribution in [0.5, 0.6) is 5.75 Å². The third kappa shape index (κ3) is 5.70. The van der Waals surface area contributed by atoms with Gasteiger partial charge in [-0.15, -0.1) is 0 Å². The zero-order chi connectivity index (χ0) is 22.2. The summed E-state index contributed by atoms with van der Waals surface area (Å²) in [6.45, 7) is 1.50. The van der Waals surface area contributed by atoms with Crippen LogP contribution >= 0.6 is 0 Å². The first-order valence-electron chi connectivity index (χ1n) is 9.55. The summed E-state index contributed by atoms with van der Waals surface area (Å²) in [5.41, 5.74) is 2.55. The SMILES string of the molecule is COC(=O)c1ccc(C)c(NC(=O)COc2ccccc2C(=O)Nc2ccccc2)c1. The number of aryl methyl sites for hydroxylation is 1. The standard InChI is InChI=1S/C24H22N2O5/c1-16-12-13-17(24(29)30-2)14-20(16)26-22(27)15-31-21-11-7-6-10-19(21)23(28)25-18-8-4-3-5-9-18/h3-14H,15H2,1-2H3,(H,25,28)(H,26,27). The minimum Gasteiger partial charge on any atom is -0.483 e. The fourth-order valence-corrected chi connectivity index (χ4v) is 2.83. The van der Waals surface area contributed by atoms with Crippen molar-refractivity contribution in [3.05, 3.63) is 89.5 Å². The molecule has 0 spiro atoms. The van der Waals surface area contributed by atoms with E-state index in [2.05, 4.69) is 10.6 Å². The van der Waals surface area contributed by atoms with Crippen LogP contribution in [-0.2, 0) is 9.53 Å². The molecule has 3 aromatic carbocycles. The number of methoxy groups -OCH3 is 1. The maximum atomic E-state index is 12.6. The van der Waals surface area contributed by atoms with Crippen LogP contribution < -0.4 is 15.4 Å². The third-order valence-electron chi connectivity index (χ3n) is 4.45. The molecule has 0 aliphatic carbocycles. The molecule has 158 valence electrons. The molecule has 2 amide bonds. The molecule has 2 N–H and O–H groups in total. The molecule has 0 fully saturated rings. The number of para-hydroxylation sites is 2. The summed E-state index contributed by atoms with van der Waals surface area (Å²) in [6.07, 6.45) is 0. The van der Waals surface area contributed by atoms with Crippen molar-refractivity contribution in [2.24, 2.45) is 0 Å². The van der Waals surface area contributed by atoms with Gasteiger partial charge in [-0.05, 0) is 48.9 Å². The van der Waals surface area contributed by atoms with Crippen molar-refractivity contribution in [3.63, 3.8) is 0 Å². The van der Waals surface area contributed by atoms with Crippen LogP contribution in [0.2, 0.25) is 0 Å². The number of carbonyl (C=O) groups excluding carboxylic acids is 3. The Hall–Kier alpha value is -4.13. The zero-order valence-corrected chi connectivity index (χ0v) is 17.2. The van der Waals surface area contributed by atoms with Crippen molar-refractivity contribution in [1.82, 2.24) is 0 Å². The van der Waals surface area contributed by atoms with Crippen LogP contribution in [0.1, 0.15) is 26.3 Å². The fraction of sp³-hybridized carbons (Fsp3) is 0.125. The number of hydrogen-bond acceptors (Lipinski definition) is 5. The highest BCUT2D eigenvalue weighted by molar-refractivity contribution is 6.06. The molecule has 0 saturated carbocycles. The van der Waals surface area contributed by atoms with Crippen molar-refractivity contribution in [1.29, 1.82) is 0 Å². The highest BCUT2D eigenvalue weighted by Crippen LogP contribution is 2.21. The van der Waals surface area contributed by atoms with E-state index in [0.717, 1.165) is 5.56 Å². The number of carbonyl (C=O) groups is 3. The number of nitrogens with one attached hydrogen (secondary N) is 2. The van der Waals surface area contributed by atoms with E-state index in [4.69, 9.17) is 9.47 Å². The first kappa shape index (κ1) is 21.6. The van der Waals surface area contributed by atoms with Crippen LogP contribution in [0.15, 0.2) is 72.8 Å². The van der Waals surface area contributed by atoms with E-state index < -0.39 is 11.9 Å². The van der Waals surface area contributed by atoms with Crippen LogP contribution in [0, 0.1) is 6.92 Å². The van der Waals surface area contributed by atoms with E-state index in [-0.39, 0.29) is 18.3 Å². The number of benzene rings is 3. The summed E-state index contributed by atoms with van der Waals surface area (Å²) < 4.78 is 10.3. The molecule has 3 aromatic rings. The van der Waals surface area contributed by atoms with Crippen LogP contribution in [-0.4, -0.2) is 31.5 Å². The lowest BCUT2D eigenvalue weighted by atomic mass is 10.1. The Morgan fingerprint density at radius 3 is 2.32 bits per heavy atom. The Bertz CT molecular complexity index is 1100. The maximum absolute atomic E-state index is 12.6. The van der Waals surface area contributed by atoms with Crippen LogP contribution in [0.3, 0.4) is 0 Å². The van der Waals surface area contributed by atoms with E-state index >= 15 is 0 Å². The third-order valence-corrected chi connectivity index (χ3v) is 4.45. The molecule has 0 radical (unpaired) electrons. The Labute approximate surface area is 180 Å². The Kier molecular flexibility index (Phi) is 7.01. The number of amides is 2. The topological polar surface area (TPSA) is 93.7 Å². The van der Waals surface area contributed by atoms with Gasteiger partial charge in [-0.3, -0.25) is 9.59 Å². The molecule has 0 aliphatic heterocycles. The second-order valence-corrected chi connectivity index (χ2v) is 6.67. The Morgan fingerprint density at radius 2 is 1.58 bits per heavy atom. The van der Waals surface area contributed by atoms with Gasteiger partial charge in [0.25, 0.3) is 11.8 Å². The van der Waals surface area contributed by atoms with Gasteiger partial charge in [-0.2, -0.15) is 0 Å². The normalized spacial score (nSPS) is 10.1. The number of rotatable bonds is 7.